The van der Waals surface area contributed by atoms with Crippen LogP contribution in [0, 0.1) is 11.6 Å². The van der Waals surface area contributed by atoms with Crippen molar-refractivity contribution < 1.29 is 18.4 Å². The van der Waals surface area contributed by atoms with E-state index in [0.29, 0.717) is 30.6 Å². The molecule has 2 rings (SSSR count). The lowest BCUT2D eigenvalue weighted by Crippen LogP contribution is -2.13. The monoisotopic (exact) mass is 376 g/mol. The second-order valence-electron chi connectivity index (χ2n) is 6.12. The number of hydrogen-bond donors (Lipinski definition) is 4. The highest BCUT2D eigenvalue weighted by molar-refractivity contribution is 5.94. The van der Waals surface area contributed by atoms with Crippen LogP contribution >= 0.6 is 0 Å². The van der Waals surface area contributed by atoms with Gasteiger partial charge in [0.25, 0.3) is 0 Å². The molecule has 2 amide bonds. The Hall–Kier alpha value is -3.16. The summed E-state index contributed by atoms with van der Waals surface area (Å²) in [7, 11) is 0. The maximum atomic E-state index is 13.0. The Morgan fingerprint density at radius 3 is 1.52 bits per heavy atom. The van der Waals surface area contributed by atoms with Crippen LogP contribution in [-0.2, 0) is 9.59 Å². The van der Waals surface area contributed by atoms with Gasteiger partial charge in [0, 0.05) is 12.8 Å². The van der Waals surface area contributed by atoms with Crippen molar-refractivity contribution in [3.63, 3.8) is 0 Å². The van der Waals surface area contributed by atoms with Gasteiger partial charge < -0.3 is 22.1 Å². The van der Waals surface area contributed by atoms with E-state index < -0.39 is 11.6 Å². The molecular formula is C19H22F2N4O2. The van der Waals surface area contributed by atoms with Crippen LogP contribution in [0.3, 0.4) is 0 Å². The predicted molar refractivity (Wildman–Crippen MR) is 102 cm³/mol. The number of nitrogens with two attached hydrogens (primary N) is 2. The molecule has 0 bridgehead atoms. The number of nitrogens with one attached hydrogen (secondary N) is 2. The standard InChI is InChI=1S/C19H22F2N4O2/c20-12-6-8-16(14(22)10-12)24-18(26)4-2-1-3-5-19(27)25-17-9-7-13(21)11-15(17)23/h6-11H,1-5,22-23H2,(H,24,26)(H,25,27). The van der Waals surface area contributed by atoms with E-state index in [0.717, 1.165) is 12.1 Å². The van der Waals surface area contributed by atoms with Crippen molar-refractivity contribution in [3.05, 3.63) is 48.0 Å². The Kier molecular flexibility index (Phi) is 7.10. The third-order valence-electron chi connectivity index (χ3n) is 3.88. The molecule has 0 atom stereocenters. The normalized spacial score (nSPS) is 10.4. The van der Waals surface area contributed by atoms with Crippen LogP contribution in [0.2, 0.25) is 0 Å². The Morgan fingerprint density at radius 1 is 0.741 bits per heavy atom. The zero-order valence-electron chi connectivity index (χ0n) is 14.7. The Labute approximate surface area is 155 Å². The van der Waals surface area contributed by atoms with E-state index in [4.69, 9.17) is 11.5 Å². The van der Waals surface area contributed by atoms with E-state index in [1.807, 2.05) is 0 Å². The van der Waals surface area contributed by atoms with Gasteiger partial charge in [-0.05, 0) is 49.2 Å². The van der Waals surface area contributed by atoms with E-state index in [1.165, 1.54) is 24.3 Å². The zero-order chi connectivity index (χ0) is 19.8. The van der Waals surface area contributed by atoms with Crippen LogP contribution in [0.5, 0.6) is 0 Å². The molecule has 0 fully saturated rings. The summed E-state index contributed by atoms with van der Waals surface area (Å²) in [5.41, 5.74) is 12.3. The fourth-order valence-electron chi connectivity index (χ4n) is 2.47. The van der Waals surface area contributed by atoms with Crippen LogP contribution in [0.15, 0.2) is 36.4 Å². The third kappa shape index (κ3) is 6.58. The second-order valence-corrected chi connectivity index (χ2v) is 6.12. The van der Waals surface area contributed by atoms with Gasteiger partial charge in [0.15, 0.2) is 0 Å². The number of benzene rings is 2. The van der Waals surface area contributed by atoms with Crippen LogP contribution in [-0.4, -0.2) is 11.8 Å². The highest BCUT2D eigenvalue weighted by Gasteiger charge is 2.08. The summed E-state index contributed by atoms with van der Waals surface area (Å²) in [6.07, 6.45) is 2.41. The number of anilines is 4. The first-order valence-corrected chi connectivity index (χ1v) is 8.55. The van der Waals surface area contributed by atoms with Gasteiger partial charge in [0.05, 0.1) is 22.7 Å². The highest BCUT2D eigenvalue weighted by atomic mass is 19.1. The number of hydrogen-bond acceptors (Lipinski definition) is 4. The van der Waals surface area contributed by atoms with Crippen LogP contribution in [0.25, 0.3) is 0 Å². The first kappa shape index (κ1) is 20.2. The van der Waals surface area contributed by atoms with Crippen molar-refractivity contribution in [1.29, 1.82) is 0 Å². The number of amides is 2. The molecule has 0 saturated carbocycles. The number of carbonyl (C=O) groups is 2. The van der Waals surface area contributed by atoms with Crippen molar-refractivity contribution >= 4 is 34.6 Å². The molecule has 2 aromatic rings. The number of carbonyl (C=O) groups excluding carboxylic acids is 2. The molecule has 144 valence electrons. The Bertz CT molecular complexity index is 760. The molecule has 0 aromatic heterocycles. The van der Waals surface area contributed by atoms with E-state index in [-0.39, 0.29) is 36.0 Å². The minimum absolute atomic E-state index is 0.167. The summed E-state index contributed by atoms with van der Waals surface area (Å²) in [6, 6.07) is 7.54. The van der Waals surface area contributed by atoms with Crippen molar-refractivity contribution in [2.75, 3.05) is 22.1 Å². The third-order valence-corrected chi connectivity index (χ3v) is 3.88. The zero-order valence-corrected chi connectivity index (χ0v) is 14.7. The van der Waals surface area contributed by atoms with E-state index in [9.17, 15) is 18.4 Å². The molecule has 0 unspecified atom stereocenters. The summed E-state index contributed by atoms with van der Waals surface area (Å²) in [4.78, 5) is 23.7. The molecule has 27 heavy (non-hydrogen) atoms. The predicted octanol–water partition coefficient (Wildman–Crippen LogP) is 3.66. The average Bonchev–Trinajstić information content (AvgIpc) is 2.59. The van der Waals surface area contributed by atoms with E-state index in [1.54, 1.807) is 0 Å². The summed E-state index contributed by atoms with van der Waals surface area (Å²) in [5, 5.41) is 5.25. The SMILES string of the molecule is Nc1cc(F)ccc1NC(=O)CCCCCC(=O)Nc1ccc(F)cc1N. The average molecular weight is 376 g/mol. The lowest BCUT2D eigenvalue weighted by atomic mass is 10.1. The quantitative estimate of drug-likeness (QED) is 0.416. The van der Waals surface area contributed by atoms with E-state index in [2.05, 4.69) is 10.6 Å². The molecule has 0 aliphatic heterocycles. The molecule has 0 radical (unpaired) electrons. The van der Waals surface area contributed by atoms with Crippen molar-refractivity contribution in [2.45, 2.75) is 32.1 Å². The largest absolute Gasteiger partial charge is 0.397 e. The number of nitrogen functional groups attached to an aromatic ring is 2. The summed E-state index contributed by atoms with van der Waals surface area (Å²) >= 11 is 0. The Morgan fingerprint density at radius 2 is 1.15 bits per heavy atom. The van der Waals surface area contributed by atoms with Gasteiger partial charge in [-0.2, -0.15) is 0 Å². The van der Waals surface area contributed by atoms with Crippen molar-refractivity contribution in [1.82, 2.24) is 0 Å². The first-order chi connectivity index (χ1) is 12.8. The smallest absolute Gasteiger partial charge is 0.224 e. The van der Waals surface area contributed by atoms with Gasteiger partial charge in [0.1, 0.15) is 11.6 Å². The molecule has 0 saturated heterocycles. The van der Waals surface area contributed by atoms with Gasteiger partial charge >= 0.3 is 0 Å². The molecule has 6 nitrogen and oxygen atoms in total. The maximum Gasteiger partial charge on any atom is 0.224 e. The summed E-state index contributed by atoms with van der Waals surface area (Å²) < 4.78 is 25.9. The minimum Gasteiger partial charge on any atom is -0.397 e. The minimum atomic E-state index is -0.467. The topological polar surface area (TPSA) is 110 Å². The molecular weight excluding hydrogens is 354 g/mol. The second kappa shape index (κ2) is 9.51. The Balaban J connectivity index is 1.64. The maximum absolute atomic E-state index is 13.0. The highest BCUT2D eigenvalue weighted by Crippen LogP contribution is 2.20. The van der Waals surface area contributed by atoms with Gasteiger partial charge in [-0.3, -0.25) is 9.59 Å². The summed E-state index contributed by atoms with van der Waals surface area (Å²) in [6.45, 7) is 0. The van der Waals surface area contributed by atoms with Crippen LogP contribution < -0.4 is 22.1 Å². The lowest BCUT2D eigenvalue weighted by molar-refractivity contribution is -0.116. The first-order valence-electron chi connectivity index (χ1n) is 8.55. The number of unbranched alkanes of at least 4 members (excludes halogenated alkanes) is 2. The molecule has 0 aliphatic carbocycles. The van der Waals surface area contributed by atoms with Crippen LogP contribution in [0.1, 0.15) is 32.1 Å². The molecule has 0 heterocycles. The number of halogens is 2. The molecule has 0 spiro atoms. The molecule has 6 N–H and O–H groups in total. The number of rotatable bonds is 8. The van der Waals surface area contributed by atoms with E-state index >= 15 is 0 Å². The molecule has 8 heteroatoms. The van der Waals surface area contributed by atoms with Gasteiger partial charge in [0.2, 0.25) is 11.8 Å². The summed E-state index contributed by atoms with van der Waals surface area (Å²) in [5.74, 6) is -1.38. The van der Waals surface area contributed by atoms with Crippen LogP contribution in [0.4, 0.5) is 31.5 Å². The van der Waals surface area contributed by atoms with Gasteiger partial charge in [-0.1, -0.05) is 6.42 Å². The lowest BCUT2D eigenvalue weighted by Gasteiger charge is -2.09. The van der Waals surface area contributed by atoms with Crippen molar-refractivity contribution in [3.8, 4) is 0 Å². The van der Waals surface area contributed by atoms with Gasteiger partial charge in [-0.15, -0.1) is 0 Å². The fourth-order valence-corrected chi connectivity index (χ4v) is 2.47. The van der Waals surface area contributed by atoms with Crippen molar-refractivity contribution in [2.24, 2.45) is 0 Å². The molecule has 2 aromatic carbocycles. The fraction of sp³-hybridized carbons (Fsp3) is 0.263. The van der Waals surface area contributed by atoms with Gasteiger partial charge in [-0.25, -0.2) is 8.78 Å². The molecule has 0 aliphatic rings.